The quantitative estimate of drug-likeness (QED) is 0.485. The lowest BCUT2D eigenvalue weighted by atomic mass is 9.85. The third-order valence-electron chi connectivity index (χ3n) is 4.47. The molecular weight excluding hydrogens is 294 g/mol. The van der Waals surface area contributed by atoms with Crippen LogP contribution >= 0.6 is 0 Å². The fraction of sp³-hybridized carbons (Fsp3) is 0.524. The van der Waals surface area contributed by atoms with Gasteiger partial charge < -0.3 is 10.6 Å². The summed E-state index contributed by atoms with van der Waals surface area (Å²) in [7, 11) is 2.00. The molecule has 1 rings (SSSR count). The van der Waals surface area contributed by atoms with Crippen molar-refractivity contribution >= 4 is 18.1 Å². The molecule has 0 spiro atoms. The first-order valence-corrected chi connectivity index (χ1v) is 8.77. The molecule has 132 valence electrons. The standard InChI is InChI=1S/C21H33N3/c1-8-17-14-16(3)15-18(20(17)23-7)19(9-2)24-13-11-21(4,5)10-12-22-6/h14-15,22,24H,2,7-8,10-13H2,1,3-6H3. The molecule has 2 N–H and O–H groups in total. The van der Waals surface area contributed by atoms with Crippen LogP contribution in [0, 0.1) is 12.3 Å². The summed E-state index contributed by atoms with van der Waals surface area (Å²) >= 11 is 0. The van der Waals surface area contributed by atoms with E-state index < -0.39 is 0 Å². The van der Waals surface area contributed by atoms with Gasteiger partial charge in [-0.25, -0.2) is 0 Å². The highest BCUT2D eigenvalue weighted by molar-refractivity contribution is 5.77. The average molecular weight is 328 g/mol. The molecule has 0 aliphatic carbocycles. The fourth-order valence-electron chi connectivity index (χ4n) is 2.87. The van der Waals surface area contributed by atoms with E-state index in [1.807, 2.05) is 7.05 Å². The number of rotatable bonds is 10. The van der Waals surface area contributed by atoms with Crippen LogP contribution in [0.3, 0.4) is 0 Å². The van der Waals surface area contributed by atoms with Crippen LogP contribution in [-0.2, 0) is 6.42 Å². The Kier molecular flexibility index (Phi) is 7.97. The molecule has 0 unspecified atom stereocenters. The molecule has 0 amide bonds. The minimum Gasteiger partial charge on any atom is -0.378 e. The number of hydrogen-bond acceptors (Lipinski definition) is 3. The molecule has 0 heterocycles. The van der Waals surface area contributed by atoms with Crippen LogP contribution in [0.2, 0.25) is 0 Å². The largest absolute Gasteiger partial charge is 0.378 e. The van der Waals surface area contributed by atoms with Gasteiger partial charge in [-0.05, 0) is 63.5 Å². The summed E-state index contributed by atoms with van der Waals surface area (Å²) in [6.07, 6.45) is 3.18. The summed E-state index contributed by atoms with van der Waals surface area (Å²) in [5.41, 5.74) is 8.69. The van der Waals surface area contributed by atoms with Crippen LogP contribution in [0.25, 0.3) is 5.70 Å². The van der Waals surface area contributed by atoms with E-state index in [0.717, 1.165) is 49.3 Å². The van der Waals surface area contributed by atoms with Gasteiger partial charge in [0.15, 0.2) is 0 Å². The number of hydrogen-bond donors (Lipinski definition) is 2. The Hall–Kier alpha value is -1.83. The molecule has 0 aliphatic heterocycles. The van der Waals surface area contributed by atoms with Crippen molar-refractivity contribution in [2.24, 2.45) is 10.4 Å². The van der Waals surface area contributed by atoms with Crippen molar-refractivity contribution in [1.29, 1.82) is 0 Å². The van der Waals surface area contributed by atoms with E-state index in [1.165, 1.54) is 11.1 Å². The maximum absolute atomic E-state index is 4.26. The van der Waals surface area contributed by atoms with Crippen molar-refractivity contribution in [2.75, 3.05) is 20.1 Å². The normalized spacial score (nSPS) is 11.0. The Morgan fingerprint density at radius 2 is 1.92 bits per heavy atom. The summed E-state index contributed by atoms with van der Waals surface area (Å²) in [6.45, 7) is 18.4. The van der Waals surface area contributed by atoms with Crippen molar-refractivity contribution in [1.82, 2.24) is 10.6 Å². The molecule has 0 fully saturated rings. The van der Waals surface area contributed by atoms with Crippen LogP contribution in [0.15, 0.2) is 29.4 Å². The van der Waals surface area contributed by atoms with Gasteiger partial charge in [-0.2, -0.15) is 0 Å². The Morgan fingerprint density at radius 1 is 1.25 bits per heavy atom. The van der Waals surface area contributed by atoms with Gasteiger partial charge in [0, 0.05) is 12.1 Å². The van der Waals surface area contributed by atoms with E-state index in [9.17, 15) is 0 Å². The van der Waals surface area contributed by atoms with Crippen LogP contribution in [0.4, 0.5) is 5.69 Å². The van der Waals surface area contributed by atoms with Crippen molar-refractivity contribution in [2.45, 2.75) is 47.0 Å². The topological polar surface area (TPSA) is 36.4 Å². The number of aryl methyl sites for hydroxylation is 2. The summed E-state index contributed by atoms with van der Waals surface area (Å²) < 4.78 is 0. The zero-order chi connectivity index (χ0) is 18.2. The van der Waals surface area contributed by atoms with Crippen LogP contribution in [0.1, 0.15) is 50.3 Å². The molecule has 0 saturated carbocycles. The molecule has 1 aromatic rings. The summed E-state index contributed by atoms with van der Waals surface area (Å²) in [4.78, 5) is 4.26. The second kappa shape index (κ2) is 9.46. The highest BCUT2D eigenvalue weighted by atomic mass is 14.9. The van der Waals surface area contributed by atoms with Crippen molar-refractivity contribution < 1.29 is 0 Å². The van der Waals surface area contributed by atoms with Crippen LogP contribution in [-0.4, -0.2) is 26.9 Å². The Morgan fingerprint density at radius 3 is 2.46 bits per heavy atom. The van der Waals surface area contributed by atoms with Gasteiger partial charge in [0.2, 0.25) is 0 Å². The summed E-state index contributed by atoms with van der Waals surface area (Å²) in [5.74, 6) is 0. The first kappa shape index (κ1) is 20.2. The number of nitrogens with one attached hydrogen (secondary N) is 2. The lowest BCUT2D eigenvalue weighted by Gasteiger charge is -2.25. The maximum Gasteiger partial charge on any atom is 0.0863 e. The molecule has 0 aliphatic rings. The van der Waals surface area contributed by atoms with E-state index >= 15 is 0 Å². The second-order valence-corrected chi connectivity index (χ2v) is 7.08. The number of benzene rings is 1. The SMILES string of the molecule is C=C=C(NCCC(C)(C)CCNC)c1cc(C)cc(CC)c1N=C. The van der Waals surface area contributed by atoms with E-state index in [4.69, 9.17) is 0 Å². The first-order chi connectivity index (χ1) is 11.4. The van der Waals surface area contributed by atoms with E-state index in [1.54, 1.807) is 0 Å². The highest BCUT2D eigenvalue weighted by Gasteiger charge is 2.17. The Bertz CT molecular complexity index is 608. The van der Waals surface area contributed by atoms with E-state index in [-0.39, 0.29) is 0 Å². The minimum atomic E-state index is 0.295. The van der Waals surface area contributed by atoms with Crippen molar-refractivity contribution in [3.8, 4) is 0 Å². The van der Waals surface area contributed by atoms with Crippen molar-refractivity contribution in [3.05, 3.63) is 41.1 Å². The van der Waals surface area contributed by atoms with Crippen molar-refractivity contribution in [3.63, 3.8) is 0 Å². The van der Waals surface area contributed by atoms with Crippen LogP contribution < -0.4 is 10.6 Å². The predicted molar refractivity (Wildman–Crippen MR) is 107 cm³/mol. The monoisotopic (exact) mass is 327 g/mol. The molecular formula is C21H33N3. The Balaban J connectivity index is 2.90. The van der Waals surface area contributed by atoms with Gasteiger partial charge in [0.05, 0.1) is 11.4 Å². The lowest BCUT2D eigenvalue weighted by Crippen LogP contribution is -2.25. The molecule has 3 nitrogen and oxygen atoms in total. The predicted octanol–water partition coefficient (Wildman–Crippen LogP) is 4.63. The zero-order valence-electron chi connectivity index (χ0n) is 16.1. The molecule has 0 radical (unpaired) electrons. The molecule has 0 bridgehead atoms. The third-order valence-corrected chi connectivity index (χ3v) is 4.47. The molecule has 1 aromatic carbocycles. The van der Waals surface area contributed by atoms with Gasteiger partial charge in [0.1, 0.15) is 0 Å². The van der Waals surface area contributed by atoms with E-state index in [0.29, 0.717) is 5.41 Å². The summed E-state index contributed by atoms with van der Waals surface area (Å²) in [6, 6.07) is 4.31. The zero-order valence-corrected chi connectivity index (χ0v) is 16.1. The summed E-state index contributed by atoms with van der Waals surface area (Å²) in [5, 5.41) is 6.73. The minimum absolute atomic E-state index is 0.295. The van der Waals surface area contributed by atoms with E-state index in [2.05, 4.69) is 74.5 Å². The molecule has 24 heavy (non-hydrogen) atoms. The lowest BCUT2D eigenvalue weighted by molar-refractivity contribution is 0.306. The maximum atomic E-state index is 4.26. The van der Waals surface area contributed by atoms with Gasteiger partial charge in [-0.3, -0.25) is 4.99 Å². The molecule has 3 heteroatoms. The molecule has 0 saturated heterocycles. The fourth-order valence-corrected chi connectivity index (χ4v) is 2.87. The van der Waals surface area contributed by atoms with Gasteiger partial charge >= 0.3 is 0 Å². The highest BCUT2D eigenvalue weighted by Crippen LogP contribution is 2.31. The molecule has 0 atom stereocenters. The number of nitrogens with zero attached hydrogens (tertiary/aromatic N) is 1. The molecule has 0 aromatic heterocycles. The third kappa shape index (κ3) is 5.67. The van der Waals surface area contributed by atoms with Crippen LogP contribution in [0.5, 0.6) is 0 Å². The smallest absolute Gasteiger partial charge is 0.0863 e. The number of aliphatic imine (C=N–C) groups is 1. The first-order valence-electron chi connectivity index (χ1n) is 8.77. The van der Waals surface area contributed by atoms with Gasteiger partial charge in [-0.15, -0.1) is 5.73 Å². The van der Waals surface area contributed by atoms with Gasteiger partial charge in [-0.1, -0.05) is 39.0 Å². The average Bonchev–Trinajstić information content (AvgIpc) is 2.56. The Labute approximate surface area is 148 Å². The van der Waals surface area contributed by atoms with Gasteiger partial charge in [0.25, 0.3) is 0 Å². The second-order valence-electron chi connectivity index (χ2n) is 7.08.